The lowest BCUT2D eigenvalue weighted by atomic mass is 9.79. The van der Waals surface area contributed by atoms with E-state index in [2.05, 4.69) is 5.32 Å². The van der Waals surface area contributed by atoms with Crippen LogP contribution in [0.4, 0.5) is 8.78 Å². The van der Waals surface area contributed by atoms with Crippen LogP contribution in [-0.2, 0) is 25.4 Å². The predicted molar refractivity (Wildman–Crippen MR) is 107 cm³/mol. The first kappa shape index (κ1) is 22.2. The van der Waals surface area contributed by atoms with Gasteiger partial charge in [0.1, 0.15) is 25.1 Å². The van der Waals surface area contributed by atoms with Gasteiger partial charge in [0, 0.05) is 25.5 Å². The first-order valence-corrected chi connectivity index (χ1v) is 11.0. The lowest BCUT2D eigenvalue weighted by Gasteiger charge is -2.44. The Morgan fingerprint density at radius 2 is 2.03 bits per heavy atom. The van der Waals surface area contributed by atoms with Crippen LogP contribution in [0.15, 0.2) is 12.1 Å². The molecule has 32 heavy (non-hydrogen) atoms. The number of halogens is 2. The van der Waals surface area contributed by atoms with E-state index in [1.807, 2.05) is 12.1 Å². The van der Waals surface area contributed by atoms with Crippen molar-refractivity contribution in [3.8, 4) is 11.5 Å². The zero-order valence-electron chi connectivity index (χ0n) is 17.9. The molecule has 1 aromatic rings. The van der Waals surface area contributed by atoms with Gasteiger partial charge >= 0.3 is 0 Å². The van der Waals surface area contributed by atoms with Gasteiger partial charge in [0.05, 0.1) is 25.9 Å². The molecule has 2 N–H and O–H groups in total. The Kier molecular flexibility index (Phi) is 6.26. The van der Waals surface area contributed by atoms with E-state index in [0.717, 1.165) is 24.0 Å². The number of benzene rings is 1. The summed E-state index contributed by atoms with van der Waals surface area (Å²) in [5.74, 6) is -1.85. The molecular formula is C22H29F2NO7. The van der Waals surface area contributed by atoms with Gasteiger partial charge in [-0.15, -0.1) is 0 Å². The highest BCUT2D eigenvalue weighted by atomic mass is 19.3. The molecule has 0 bridgehead atoms. The lowest BCUT2D eigenvalue weighted by molar-refractivity contribution is -0.293. The standard InChI is InChI=1S/C22H29F2NO7/c1-27-7-13-3-2-12-4-16-17(30-11-29-16)5-14(12)20(13)25-9-22(23,24)19-6-15(26)21-18(32-19)8-28-10-31-21/h4-5,13,15,18-21,25-26H,2-3,6-11H2,1H3/t13?,15?,18?,19?,20?,21-/m0/s1. The molecule has 6 atom stereocenters. The van der Waals surface area contributed by atoms with Crippen molar-refractivity contribution in [1.29, 1.82) is 0 Å². The van der Waals surface area contributed by atoms with Crippen LogP contribution in [-0.4, -0.2) is 75.9 Å². The molecule has 2 fully saturated rings. The maximum absolute atomic E-state index is 15.2. The summed E-state index contributed by atoms with van der Waals surface area (Å²) in [4.78, 5) is 0. The second-order valence-electron chi connectivity index (χ2n) is 8.86. The van der Waals surface area contributed by atoms with Crippen molar-refractivity contribution in [2.45, 2.75) is 55.6 Å². The summed E-state index contributed by atoms with van der Waals surface area (Å²) in [6.45, 7) is 0.175. The third kappa shape index (κ3) is 4.20. The Morgan fingerprint density at radius 3 is 2.84 bits per heavy atom. The number of methoxy groups -OCH3 is 1. The van der Waals surface area contributed by atoms with Crippen LogP contribution in [0.5, 0.6) is 11.5 Å². The van der Waals surface area contributed by atoms with Gasteiger partial charge in [0.2, 0.25) is 6.79 Å². The van der Waals surface area contributed by atoms with Gasteiger partial charge in [-0.1, -0.05) is 0 Å². The molecule has 5 unspecified atom stereocenters. The molecule has 1 aromatic carbocycles. The van der Waals surface area contributed by atoms with Gasteiger partial charge in [0.15, 0.2) is 11.5 Å². The lowest BCUT2D eigenvalue weighted by Crippen LogP contribution is -2.59. The van der Waals surface area contributed by atoms with E-state index in [4.69, 9.17) is 28.4 Å². The van der Waals surface area contributed by atoms with Crippen molar-refractivity contribution in [2.24, 2.45) is 5.92 Å². The quantitative estimate of drug-likeness (QED) is 0.669. The number of ether oxygens (including phenoxy) is 6. The van der Waals surface area contributed by atoms with E-state index < -0.39 is 36.9 Å². The monoisotopic (exact) mass is 457 g/mol. The molecule has 3 aliphatic heterocycles. The van der Waals surface area contributed by atoms with Crippen LogP contribution in [0.3, 0.4) is 0 Å². The number of aliphatic hydroxyl groups excluding tert-OH is 1. The largest absolute Gasteiger partial charge is 0.454 e. The Morgan fingerprint density at radius 1 is 1.22 bits per heavy atom. The number of aliphatic hydroxyl groups is 1. The summed E-state index contributed by atoms with van der Waals surface area (Å²) in [5.41, 5.74) is 1.99. The van der Waals surface area contributed by atoms with E-state index in [1.54, 1.807) is 7.11 Å². The Labute approximate surface area is 185 Å². The van der Waals surface area contributed by atoms with Crippen LogP contribution in [0.25, 0.3) is 0 Å². The Bertz CT molecular complexity index is 826. The van der Waals surface area contributed by atoms with E-state index in [9.17, 15) is 5.11 Å². The molecule has 10 heteroatoms. The first-order chi connectivity index (χ1) is 15.5. The van der Waals surface area contributed by atoms with E-state index in [1.165, 1.54) is 0 Å². The number of alkyl halides is 2. The van der Waals surface area contributed by atoms with Gasteiger partial charge < -0.3 is 38.8 Å². The van der Waals surface area contributed by atoms with Crippen molar-refractivity contribution in [1.82, 2.24) is 5.32 Å². The van der Waals surface area contributed by atoms with Gasteiger partial charge in [-0.25, -0.2) is 8.78 Å². The van der Waals surface area contributed by atoms with Crippen LogP contribution in [0.2, 0.25) is 0 Å². The number of nitrogens with one attached hydrogen (secondary N) is 1. The fourth-order valence-electron chi connectivity index (χ4n) is 5.16. The van der Waals surface area contributed by atoms with E-state index in [0.29, 0.717) is 18.1 Å². The number of aryl methyl sites for hydroxylation is 1. The summed E-state index contributed by atoms with van der Waals surface area (Å²) in [6, 6.07) is 3.50. The SMILES string of the molecule is COCC1CCc2cc3c(cc2C1NCC(F)(F)C1CC(O)[C@@H]2OCOCC2O1)OCO3. The van der Waals surface area contributed by atoms with E-state index in [-0.39, 0.29) is 38.6 Å². The fraction of sp³-hybridized carbons (Fsp3) is 0.727. The third-order valence-electron chi connectivity index (χ3n) is 6.80. The van der Waals surface area contributed by atoms with E-state index >= 15 is 8.78 Å². The van der Waals surface area contributed by atoms with Crippen molar-refractivity contribution in [2.75, 3.05) is 40.5 Å². The van der Waals surface area contributed by atoms with Crippen LogP contribution < -0.4 is 14.8 Å². The molecule has 4 aliphatic rings. The summed E-state index contributed by atoms with van der Waals surface area (Å²) in [7, 11) is 1.61. The maximum Gasteiger partial charge on any atom is 0.285 e. The summed E-state index contributed by atoms with van der Waals surface area (Å²) in [6.07, 6.45) is -2.38. The molecule has 0 amide bonds. The number of hydrogen-bond acceptors (Lipinski definition) is 8. The van der Waals surface area contributed by atoms with Gasteiger partial charge in [0.25, 0.3) is 5.92 Å². The van der Waals surface area contributed by atoms with Crippen LogP contribution >= 0.6 is 0 Å². The van der Waals surface area contributed by atoms with Gasteiger partial charge in [-0.3, -0.25) is 0 Å². The average Bonchev–Trinajstić information content (AvgIpc) is 3.24. The second-order valence-corrected chi connectivity index (χ2v) is 8.86. The molecule has 2 saturated heterocycles. The molecule has 1 aliphatic carbocycles. The zero-order chi connectivity index (χ0) is 22.3. The molecule has 0 saturated carbocycles. The molecule has 3 heterocycles. The highest BCUT2D eigenvalue weighted by molar-refractivity contribution is 5.50. The summed E-state index contributed by atoms with van der Waals surface area (Å²) >= 11 is 0. The first-order valence-electron chi connectivity index (χ1n) is 11.0. The van der Waals surface area contributed by atoms with Crippen LogP contribution in [0.1, 0.15) is 30.0 Å². The van der Waals surface area contributed by atoms with Crippen molar-refractivity contribution in [3.05, 3.63) is 23.3 Å². The van der Waals surface area contributed by atoms with Crippen molar-refractivity contribution in [3.63, 3.8) is 0 Å². The maximum atomic E-state index is 15.2. The van der Waals surface area contributed by atoms with Gasteiger partial charge in [-0.2, -0.15) is 0 Å². The minimum atomic E-state index is -3.20. The molecule has 178 valence electrons. The predicted octanol–water partition coefficient (Wildman–Crippen LogP) is 1.78. The third-order valence-corrected chi connectivity index (χ3v) is 6.80. The Hall–Kier alpha value is -1.56. The highest BCUT2D eigenvalue weighted by Crippen LogP contribution is 2.43. The zero-order valence-corrected chi connectivity index (χ0v) is 17.9. The minimum Gasteiger partial charge on any atom is -0.454 e. The summed E-state index contributed by atoms with van der Waals surface area (Å²) < 4.78 is 63.0. The highest BCUT2D eigenvalue weighted by Gasteiger charge is 2.50. The van der Waals surface area contributed by atoms with Crippen molar-refractivity contribution < 1.29 is 42.3 Å². The molecule has 0 aromatic heterocycles. The minimum absolute atomic E-state index is 0.0324. The van der Waals surface area contributed by atoms with Crippen LogP contribution in [0, 0.1) is 5.92 Å². The molecular weight excluding hydrogens is 428 g/mol. The van der Waals surface area contributed by atoms with Crippen molar-refractivity contribution >= 4 is 0 Å². The Balaban J connectivity index is 1.32. The van der Waals surface area contributed by atoms with Gasteiger partial charge in [-0.05, 0) is 36.1 Å². The molecule has 0 spiro atoms. The number of hydrogen-bond donors (Lipinski definition) is 2. The number of fused-ring (bicyclic) bond motifs is 3. The smallest absolute Gasteiger partial charge is 0.285 e. The second kappa shape index (κ2) is 9.00. The normalized spacial score (nSPS) is 34.1. The fourth-order valence-corrected chi connectivity index (χ4v) is 5.16. The average molecular weight is 457 g/mol. The molecule has 5 rings (SSSR count). The topological polar surface area (TPSA) is 87.6 Å². The molecule has 0 radical (unpaired) electrons. The number of rotatable bonds is 6. The summed E-state index contributed by atoms with van der Waals surface area (Å²) in [5, 5.41) is 13.4. The molecule has 8 nitrogen and oxygen atoms in total.